The molecule has 0 saturated carbocycles. The summed E-state index contributed by atoms with van der Waals surface area (Å²) in [7, 11) is 4.25. The lowest BCUT2D eigenvalue weighted by Gasteiger charge is -2.25. The van der Waals surface area contributed by atoms with Crippen molar-refractivity contribution in [2.24, 2.45) is 5.41 Å². The Balaban J connectivity index is 2.47. The molecular weight excluding hydrogens is 280 g/mol. The van der Waals surface area contributed by atoms with Crippen LogP contribution in [-0.2, 0) is 4.79 Å². The molecule has 0 saturated heterocycles. The summed E-state index contributed by atoms with van der Waals surface area (Å²) in [6.07, 6.45) is 5.51. The number of benzene rings is 1. The van der Waals surface area contributed by atoms with Crippen LogP contribution in [0, 0.1) is 5.41 Å². The van der Waals surface area contributed by atoms with Gasteiger partial charge in [0.15, 0.2) is 0 Å². The molecule has 1 rings (SSSR count). The Labute approximate surface area is 132 Å². The molecule has 0 aliphatic carbocycles. The first-order valence-corrected chi connectivity index (χ1v) is 8.44. The van der Waals surface area contributed by atoms with Gasteiger partial charge in [-0.2, -0.15) is 0 Å². The molecule has 0 aliphatic rings. The fourth-order valence-electron chi connectivity index (χ4n) is 2.29. The fourth-order valence-corrected chi connectivity index (χ4v) is 2.70. The summed E-state index contributed by atoms with van der Waals surface area (Å²) in [6, 6.07) is 8.17. The lowest BCUT2D eigenvalue weighted by Crippen LogP contribution is -3.07. The number of hydrogen-bond acceptors (Lipinski definition) is 2. The highest BCUT2D eigenvalue weighted by molar-refractivity contribution is 7.98. The number of quaternary nitrogens is 1. The van der Waals surface area contributed by atoms with Crippen LogP contribution in [0.1, 0.15) is 19.4 Å². The van der Waals surface area contributed by atoms with Crippen molar-refractivity contribution >= 4 is 23.7 Å². The van der Waals surface area contributed by atoms with E-state index >= 15 is 0 Å². The predicted molar refractivity (Wildman–Crippen MR) is 91.7 cm³/mol. The highest BCUT2D eigenvalue weighted by atomic mass is 32.2. The van der Waals surface area contributed by atoms with E-state index in [0.717, 1.165) is 12.1 Å². The van der Waals surface area contributed by atoms with Crippen molar-refractivity contribution in [2.45, 2.75) is 18.7 Å². The van der Waals surface area contributed by atoms with E-state index in [1.807, 2.05) is 18.2 Å². The summed E-state index contributed by atoms with van der Waals surface area (Å²) in [5, 5.41) is 2.98. The van der Waals surface area contributed by atoms with Gasteiger partial charge in [-0.15, -0.1) is 11.8 Å². The largest absolute Gasteiger partial charge is 0.352 e. The Morgan fingerprint density at radius 2 is 1.90 bits per heavy atom. The van der Waals surface area contributed by atoms with Crippen LogP contribution >= 0.6 is 11.8 Å². The summed E-state index contributed by atoms with van der Waals surface area (Å²) in [5.41, 5.74) is 1.14. The maximum atomic E-state index is 11.9. The van der Waals surface area contributed by atoms with Crippen LogP contribution in [0.4, 0.5) is 0 Å². The zero-order valence-electron chi connectivity index (χ0n) is 13.7. The standard InChI is InChI=1S/C17H26N2OS/c1-17(2,13-19(3)4)12-18-16(20)11-8-14-6-9-15(21-5)10-7-14/h6-11H,12-13H2,1-5H3,(H,18,20)/p+1/b11-8+. The quantitative estimate of drug-likeness (QED) is 0.594. The second-order valence-electron chi connectivity index (χ2n) is 6.37. The fraction of sp³-hybridized carbons (Fsp3) is 0.471. The zero-order chi connectivity index (χ0) is 15.9. The number of rotatable bonds is 7. The zero-order valence-corrected chi connectivity index (χ0v) is 14.5. The first-order valence-electron chi connectivity index (χ1n) is 7.21. The van der Waals surface area contributed by atoms with Gasteiger partial charge in [-0.25, -0.2) is 0 Å². The van der Waals surface area contributed by atoms with Crippen molar-refractivity contribution in [3.8, 4) is 0 Å². The molecule has 21 heavy (non-hydrogen) atoms. The van der Waals surface area contributed by atoms with E-state index in [-0.39, 0.29) is 11.3 Å². The Bertz CT molecular complexity index is 478. The second-order valence-corrected chi connectivity index (χ2v) is 7.25. The van der Waals surface area contributed by atoms with Gasteiger partial charge in [0.1, 0.15) is 0 Å². The van der Waals surface area contributed by atoms with Crippen LogP contribution in [-0.4, -0.2) is 39.3 Å². The monoisotopic (exact) mass is 307 g/mol. The highest BCUT2D eigenvalue weighted by Crippen LogP contribution is 2.15. The summed E-state index contributed by atoms with van der Waals surface area (Å²) < 4.78 is 0. The number of hydrogen-bond donors (Lipinski definition) is 2. The average Bonchev–Trinajstić information content (AvgIpc) is 2.42. The van der Waals surface area contributed by atoms with Crippen molar-refractivity contribution in [1.82, 2.24) is 5.32 Å². The van der Waals surface area contributed by atoms with Crippen molar-refractivity contribution in [3.05, 3.63) is 35.9 Å². The summed E-state index contributed by atoms with van der Waals surface area (Å²) in [4.78, 5) is 14.5. The van der Waals surface area contributed by atoms with Gasteiger partial charge in [-0.1, -0.05) is 26.0 Å². The van der Waals surface area contributed by atoms with Crippen LogP contribution in [0.5, 0.6) is 0 Å². The normalized spacial score (nSPS) is 12.1. The van der Waals surface area contributed by atoms with E-state index < -0.39 is 0 Å². The van der Waals surface area contributed by atoms with Gasteiger partial charge in [0.05, 0.1) is 20.6 Å². The molecule has 1 aromatic rings. The minimum absolute atomic E-state index is 0.0363. The van der Waals surface area contributed by atoms with Crippen LogP contribution in [0.3, 0.4) is 0 Å². The van der Waals surface area contributed by atoms with Crippen LogP contribution < -0.4 is 10.2 Å². The molecule has 0 radical (unpaired) electrons. The number of amides is 1. The predicted octanol–water partition coefficient (Wildman–Crippen LogP) is 1.71. The third-order valence-electron chi connectivity index (χ3n) is 3.12. The number of thioether (sulfide) groups is 1. The van der Waals surface area contributed by atoms with Gasteiger partial charge in [0, 0.05) is 22.9 Å². The third kappa shape index (κ3) is 7.34. The summed E-state index contributed by atoms with van der Waals surface area (Å²) >= 11 is 1.71. The lowest BCUT2D eigenvalue weighted by atomic mass is 9.93. The molecule has 4 heteroatoms. The van der Waals surface area contributed by atoms with E-state index in [1.54, 1.807) is 17.8 Å². The van der Waals surface area contributed by atoms with E-state index in [0.29, 0.717) is 6.54 Å². The molecule has 0 spiro atoms. The van der Waals surface area contributed by atoms with Crippen molar-refractivity contribution in [1.29, 1.82) is 0 Å². The number of carbonyl (C=O) groups is 1. The molecule has 1 aromatic carbocycles. The molecule has 0 bridgehead atoms. The molecular formula is C17H27N2OS+. The van der Waals surface area contributed by atoms with E-state index in [4.69, 9.17) is 0 Å². The van der Waals surface area contributed by atoms with Crippen LogP contribution in [0.15, 0.2) is 35.2 Å². The third-order valence-corrected chi connectivity index (χ3v) is 3.86. The SMILES string of the molecule is CSc1ccc(/C=C/C(=O)NCC(C)(C)C[NH+](C)C)cc1. The molecule has 0 fully saturated rings. The first kappa shape index (κ1) is 17.8. The van der Waals surface area contributed by atoms with E-state index in [2.05, 4.69) is 51.6 Å². The minimum Gasteiger partial charge on any atom is -0.352 e. The van der Waals surface area contributed by atoms with Crippen LogP contribution in [0.25, 0.3) is 6.08 Å². The van der Waals surface area contributed by atoms with Crippen molar-refractivity contribution in [2.75, 3.05) is 33.4 Å². The molecule has 0 atom stereocenters. The van der Waals surface area contributed by atoms with Crippen molar-refractivity contribution in [3.63, 3.8) is 0 Å². The number of carbonyl (C=O) groups excluding carboxylic acids is 1. The molecule has 0 aliphatic heterocycles. The molecule has 116 valence electrons. The van der Waals surface area contributed by atoms with Crippen molar-refractivity contribution < 1.29 is 9.69 Å². The Kier molecular flexibility index (Phi) is 6.99. The topological polar surface area (TPSA) is 33.5 Å². The maximum Gasteiger partial charge on any atom is 0.244 e. The van der Waals surface area contributed by atoms with Gasteiger partial charge in [0.2, 0.25) is 5.91 Å². The minimum atomic E-state index is -0.0363. The molecule has 0 unspecified atom stereocenters. The van der Waals surface area contributed by atoms with E-state index in [1.165, 1.54) is 9.80 Å². The molecule has 2 N–H and O–H groups in total. The lowest BCUT2D eigenvalue weighted by molar-refractivity contribution is -0.865. The van der Waals surface area contributed by atoms with Gasteiger partial charge < -0.3 is 10.2 Å². The summed E-state index contributed by atoms with van der Waals surface area (Å²) in [6.45, 7) is 6.05. The molecule has 0 aromatic heterocycles. The maximum absolute atomic E-state index is 11.9. The Hall–Kier alpha value is -1.26. The highest BCUT2D eigenvalue weighted by Gasteiger charge is 2.21. The second kappa shape index (κ2) is 8.25. The molecule has 1 amide bonds. The van der Waals surface area contributed by atoms with Gasteiger partial charge in [-0.05, 0) is 30.0 Å². The average molecular weight is 307 g/mol. The first-order chi connectivity index (χ1) is 9.82. The Morgan fingerprint density at radius 3 is 2.43 bits per heavy atom. The smallest absolute Gasteiger partial charge is 0.244 e. The molecule has 0 heterocycles. The Morgan fingerprint density at radius 1 is 1.29 bits per heavy atom. The van der Waals surface area contributed by atoms with E-state index in [9.17, 15) is 4.79 Å². The van der Waals surface area contributed by atoms with Crippen LogP contribution in [0.2, 0.25) is 0 Å². The number of nitrogens with one attached hydrogen (secondary N) is 2. The van der Waals surface area contributed by atoms with Gasteiger partial charge in [0.25, 0.3) is 0 Å². The summed E-state index contributed by atoms with van der Waals surface area (Å²) in [5.74, 6) is -0.0363. The molecule has 3 nitrogen and oxygen atoms in total. The van der Waals surface area contributed by atoms with Gasteiger partial charge in [-0.3, -0.25) is 4.79 Å². The van der Waals surface area contributed by atoms with Gasteiger partial charge >= 0.3 is 0 Å².